The molecule has 0 fully saturated rings. The fraction of sp³-hybridized carbons (Fsp3) is 0.500. The molecule has 2 heteroatoms. The number of benzene rings is 1. The van der Waals surface area contributed by atoms with Gasteiger partial charge >= 0.3 is 0 Å². The Morgan fingerprint density at radius 2 is 1.78 bits per heavy atom. The van der Waals surface area contributed by atoms with Gasteiger partial charge in [-0.15, -0.1) is 0 Å². The summed E-state index contributed by atoms with van der Waals surface area (Å²) in [6.07, 6.45) is 3.12. The summed E-state index contributed by atoms with van der Waals surface area (Å²) in [6, 6.07) is 8.30. The van der Waals surface area contributed by atoms with Gasteiger partial charge in [-0.1, -0.05) is 51.8 Å². The molecule has 0 saturated heterocycles. The number of fused-ring (bicyclic) bond motifs is 1. The van der Waals surface area contributed by atoms with Gasteiger partial charge in [-0.25, -0.2) is 0 Å². The van der Waals surface area contributed by atoms with E-state index in [4.69, 9.17) is 10.2 Å². The topological polar surface area (TPSA) is 39.2 Å². The summed E-state index contributed by atoms with van der Waals surface area (Å²) in [5.74, 6) is 1.58. The molecule has 0 spiro atoms. The van der Waals surface area contributed by atoms with Gasteiger partial charge in [-0.2, -0.15) is 0 Å². The number of nitrogens with two attached hydrogens (primary N) is 1. The second kappa shape index (κ2) is 5.57. The van der Waals surface area contributed by atoms with Crippen LogP contribution in [0.25, 0.3) is 11.0 Å². The van der Waals surface area contributed by atoms with Crippen LogP contribution in [0.5, 0.6) is 0 Å². The van der Waals surface area contributed by atoms with E-state index in [9.17, 15) is 0 Å². The van der Waals surface area contributed by atoms with Crippen LogP contribution in [0.15, 0.2) is 28.7 Å². The Morgan fingerprint density at radius 3 is 2.39 bits per heavy atom. The first-order valence-electron chi connectivity index (χ1n) is 6.98. The third-order valence-electron chi connectivity index (χ3n) is 3.92. The predicted molar refractivity (Wildman–Crippen MR) is 76.6 cm³/mol. The second-order valence-electron chi connectivity index (χ2n) is 4.89. The highest BCUT2D eigenvalue weighted by Gasteiger charge is 2.23. The van der Waals surface area contributed by atoms with E-state index in [-0.39, 0.29) is 6.04 Å². The fourth-order valence-electron chi connectivity index (χ4n) is 2.78. The molecule has 0 saturated carbocycles. The number of hydrogen-bond acceptors (Lipinski definition) is 2. The van der Waals surface area contributed by atoms with Crippen molar-refractivity contribution >= 4 is 11.0 Å². The van der Waals surface area contributed by atoms with E-state index >= 15 is 0 Å². The quantitative estimate of drug-likeness (QED) is 0.846. The van der Waals surface area contributed by atoms with Crippen molar-refractivity contribution in [2.45, 2.75) is 46.1 Å². The smallest absolute Gasteiger partial charge is 0.134 e. The van der Waals surface area contributed by atoms with Crippen LogP contribution in [0.4, 0.5) is 0 Å². The molecule has 1 heterocycles. The molecular weight excluding hydrogens is 222 g/mol. The van der Waals surface area contributed by atoms with Crippen molar-refractivity contribution in [3.05, 3.63) is 35.6 Å². The summed E-state index contributed by atoms with van der Waals surface area (Å²) in [6.45, 7) is 6.55. The van der Waals surface area contributed by atoms with Crippen molar-refractivity contribution in [2.75, 3.05) is 0 Å². The van der Waals surface area contributed by atoms with E-state index in [1.54, 1.807) is 0 Å². The fourth-order valence-corrected chi connectivity index (χ4v) is 2.78. The lowest BCUT2D eigenvalue weighted by atomic mass is 9.87. The Bertz CT molecular complexity index is 511. The minimum absolute atomic E-state index is 0.0820. The molecule has 0 aliphatic rings. The van der Waals surface area contributed by atoms with Gasteiger partial charge in [-0.3, -0.25) is 0 Å². The molecule has 2 nitrogen and oxygen atoms in total. The largest absolute Gasteiger partial charge is 0.461 e. The van der Waals surface area contributed by atoms with E-state index in [1.165, 1.54) is 10.9 Å². The molecule has 98 valence electrons. The average molecular weight is 245 g/mol. The van der Waals surface area contributed by atoms with Gasteiger partial charge in [0.05, 0.1) is 0 Å². The maximum Gasteiger partial charge on any atom is 0.134 e. The number of rotatable bonds is 5. The van der Waals surface area contributed by atoms with Crippen LogP contribution in [0.3, 0.4) is 0 Å². The lowest BCUT2D eigenvalue weighted by molar-refractivity contribution is 0.399. The van der Waals surface area contributed by atoms with Crippen LogP contribution in [0, 0.1) is 5.92 Å². The zero-order chi connectivity index (χ0) is 13.1. The van der Waals surface area contributed by atoms with Crippen molar-refractivity contribution in [3.63, 3.8) is 0 Å². The highest BCUT2D eigenvalue weighted by Crippen LogP contribution is 2.35. The van der Waals surface area contributed by atoms with Gasteiger partial charge < -0.3 is 10.2 Å². The molecule has 0 aliphatic carbocycles. The number of furan rings is 1. The number of aryl methyl sites for hydroxylation is 1. The van der Waals surface area contributed by atoms with E-state index in [0.29, 0.717) is 5.92 Å². The van der Waals surface area contributed by atoms with Gasteiger partial charge in [0, 0.05) is 23.4 Å². The third-order valence-corrected chi connectivity index (χ3v) is 3.92. The van der Waals surface area contributed by atoms with E-state index in [1.807, 2.05) is 12.1 Å². The highest BCUT2D eigenvalue weighted by atomic mass is 16.3. The molecule has 1 atom stereocenters. The van der Waals surface area contributed by atoms with Crippen molar-refractivity contribution in [1.29, 1.82) is 0 Å². The summed E-state index contributed by atoms with van der Waals surface area (Å²) < 4.78 is 5.93. The van der Waals surface area contributed by atoms with E-state index in [2.05, 4.69) is 32.9 Å². The zero-order valence-corrected chi connectivity index (χ0v) is 11.6. The standard InChI is InChI=1S/C16H23NO/c1-4-11(5-2)16(17)15-12-9-7-8-10-14(12)18-13(15)6-3/h7-11,16H,4-6,17H2,1-3H3. The maximum absolute atomic E-state index is 6.49. The van der Waals surface area contributed by atoms with Crippen LogP contribution in [0.1, 0.15) is 51.0 Å². The van der Waals surface area contributed by atoms with Crippen molar-refractivity contribution in [2.24, 2.45) is 11.7 Å². The van der Waals surface area contributed by atoms with Gasteiger partial charge in [0.15, 0.2) is 0 Å². The van der Waals surface area contributed by atoms with Gasteiger partial charge in [0.25, 0.3) is 0 Å². The number of hydrogen-bond donors (Lipinski definition) is 1. The first-order chi connectivity index (χ1) is 8.72. The van der Waals surface area contributed by atoms with Crippen molar-refractivity contribution < 1.29 is 4.42 Å². The van der Waals surface area contributed by atoms with E-state index < -0.39 is 0 Å². The monoisotopic (exact) mass is 245 g/mol. The normalized spacial score (nSPS) is 13.4. The SMILES string of the molecule is CCc1oc2ccccc2c1C(N)C(CC)CC. The Balaban J connectivity index is 2.53. The molecule has 1 aromatic heterocycles. The Labute approximate surface area is 109 Å². The Morgan fingerprint density at radius 1 is 1.11 bits per heavy atom. The van der Waals surface area contributed by atoms with Crippen LogP contribution in [-0.2, 0) is 6.42 Å². The molecule has 0 amide bonds. The van der Waals surface area contributed by atoms with Crippen molar-refractivity contribution in [1.82, 2.24) is 0 Å². The lowest BCUT2D eigenvalue weighted by Crippen LogP contribution is -2.21. The minimum atomic E-state index is 0.0820. The second-order valence-corrected chi connectivity index (χ2v) is 4.89. The van der Waals surface area contributed by atoms with Gasteiger partial charge in [-0.05, 0) is 12.0 Å². The number of para-hydroxylation sites is 1. The summed E-state index contributed by atoms with van der Waals surface area (Å²) in [7, 11) is 0. The lowest BCUT2D eigenvalue weighted by Gasteiger charge is -2.21. The minimum Gasteiger partial charge on any atom is -0.461 e. The molecular formula is C16H23NO. The third kappa shape index (κ3) is 2.17. The first kappa shape index (κ1) is 13.2. The molecule has 2 N–H and O–H groups in total. The van der Waals surface area contributed by atoms with Gasteiger partial charge in [0.1, 0.15) is 11.3 Å². The predicted octanol–water partition coefficient (Wildman–Crippen LogP) is 4.43. The summed E-state index contributed by atoms with van der Waals surface area (Å²) in [5, 5.41) is 1.19. The van der Waals surface area contributed by atoms with Crippen molar-refractivity contribution in [3.8, 4) is 0 Å². The molecule has 2 rings (SSSR count). The molecule has 0 radical (unpaired) electrons. The summed E-state index contributed by atoms with van der Waals surface area (Å²) in [4.78, 5) is 0. The van der Waals surface area contributed by atoms with Gasteiger partial charge in [0.2, 0.25) is 0 Å². The first-order valence-corrected chi connectivity index (χ1v) is 6.98. The molecule has 1 aromatic carbocycles. The molecule has 18 heavy (non-hydrogen) atoms. The van der Waals surface area contributed by atoms with Crippen LogP contribution < -0.4 is 5.73 Å². The van der Waals surface area contributed by atoms with Crippen LogP contribution >= 0.6 is 0 Å². The Hall–Kier alpha value is -1.28. The van der Waals surface area contributed by atoms with Crippen LogP contribution in [-0.4, -0.2) is 0 Å². The molecule has 0 bridgehead atoms. The zero-order valence-electron chi connectivity index (χ0n) is 11.6. The summed E-state index contributed by atoms with van der Waals surface area (Å²) in [5.41, 5.74) is 8.67. The summed E-state index contributed by atoms with van der Waals surface area (Å²) >= 11 is 0. The molecule has 0 aliphatic heterocycles. The Kier molecular flexibility index (Phi) is 4.07. The maximum atomic E-state index is 6.49. The highest BCUT2D eigenvalue weighted by molar-refractivity contribution is 5.82. The van der Waals surface area contributed by atoms with E-state index in [0.717, 1.165) is 30.6 Å². The molecule has 2 aromatic rings. The van der Waals surface area contributed by atoms with Crippen LogP contribution in [0.2, 0.25) is 0 Å². The molecule has 1 unspecified atom stereocenters. The average Bonchev–Trinajstić information content (AvgIpc) is 2.78.